The van der Waals surface area contributed by atoms with Crippen LogP contribution in [0.1, 0.15) is 17.9 Å². The van der Waals surface area contributed by atoms with Crippen LogP contribution in [0.4, 0.5) is 4.39 Å². The van der Waals surface area contributed by atoms with Gasteiger partial charge >= 0.3 is 0 Å². The maximum Gasteiger partial charge on any atom is 0.233 e. The van der Waals surface area contributed by atoms with Crippen molar-refractivity contribution in [2.45, 2.75) is 17.2 Å². The first-order valence-corrected chi connectivity index (χ1v) is 11.4. The minimum absolute atomic E-state index is 0.0108. The van der Waals surface area contributed by atoms with E-state index in [2.05, 4.69) is 0 Å². The van der Waals surface area contributed by atoms with Gasteiger partial charge in [0.15, 0.2) is 11.5 Å². The molecule has 0 radical (unpaired) electrons. The SMILES string of the molecule is O=C(CSc1ccc(F)cc1)N1CCN(C(=O)[C@@H]2C[C@H]2c2ccc3c(c2)OCO3)CC1. The van der Waals surface area contributed by atoms with E-state index in [4.69, 9.17) is 9.47 Å². The lowest BCUT2D eigenvalue weighted by molar-refractivity contribution is -0.139. The molecule has 3 aliphatic rings. The normalized spacial score (nSPS) is 21.8. The Hall–Kier alpha value is -2.74. The predicted octanol–water partition coefficient (Wildman–Crippen LogP) is 3.12. The summed E-state index contributed by atoms with van der Waals surface area (Å²) in [5.41, 5.74) is 1.12. The number of nitrogens with zero attached hydrogens (tertiary/aromatic N) is 2. The highest BCUT2D eigenvalue weighted by atomic mass is 32.2. The predicted molar refractivity (Wildman–Crippen MR) is 114 cm³/mol. The van der Waals surface area contributed by atoms with Crippen molar-refractivity contribution in [3.05, 3.63) is 53.8 Å². The van der Waals surface area contributed by atoms with E-state index in [-0.39, 0.29) is 36.3 Å². The Morgan fingerprint density at radius 3 is 2.45 bits per heavy atom. The first kappa shape index (κ1) is 20.2. The average molecular weight is 443 g/mol. The maximum atomic E-state index is 13.0. The van der Waals surface area contributed by atoms with Crippen LogP contribution < -0.4 is 9.47 Å². The summed E-state index contributed by atoms with van der Waals surface area (Å²) in [4.78, 5) is 30.0. The summed E-state index contributed by atoms with van der Waals surface area (Å²) in [5, 5.41) is 0. The molecule has 2 aromatic carbocycles. The minimum atomic E-state index is -0.284. The highest BCUT2D eigenvalue weighted by Crippen LogP contribution is 2.50. The van der Waals surface area contributed by atoms with Crippen LogP contribution in [0, 0.1) is 11.7 Å². The van der Waals surface area contributed by atoms with Gasteiger partial charge in [-0.05, 0) is 54.3 Å². The first-order valence-electron chi connectivity index (χ1n) is 10.4. The van der Waals surface area contributed by atoms with Gasteiger partial charge in [-0.15, -0.1) is 11.8 Å². The van der Waals surface area contributed by atoms with Gasteiger partial charge in [-0.25, -0.2) is 4.39 Å². The number of carbonyl (C=O) groups is 2. The topological polar surface area (TPSA) is 59.1 Å². The molecular formula is C23H23FN2O4S. The van der Waals surface area contributed by atoms with E-state index in [1.54, 1.807) is 12.1 Å². The van der Waals surface area contributed by atoms with Crippen molar-refractivity contribution in [1.82, 2.24) is 9.80 Å². The lowest BCUT2D eigenvalue weighted by Crippen LogP contribution is -2.51. The zero-order valence-electron chi connectivity index (χ0n) is 17.0. The molecule has 0 unspecified atom stereocenters. The summed E-state index contributed by atoms with van der Waals surface area (Å²) >= 11 is 1.40. The summed E-state index contributed by atoms with van der Waals surface area (Å²) < 4.78 is 23.8. The minimum Gasteiger partial charge on any atom is -0.454 e. The molecule has 2 aromatic rings. The van der Waals surface area contributed by atoms with E-state index in [1.807, 2.05) is 28.0 Å². The van der Waals surface area contributed by atoms with Gasteiger partial charge in [0.25, 0.3) is 0 Å². The number of benzene rings is 2. The third-order valence-corrected chi connectivity index (χ3v) is 7.05. The Balaban J connectivity index is 1.09. The van der Waals surface area contributed by atoms with Crippen LogP contribution in [-0.4, -0.2) is 60.3 Å². The molecule has 2 fully saturated rings. The van der Waals surface area contributed by atoms with Gasteiger partial charge in [0.2, 0.25) is 18.6 Å². The second-order valence-electron chi connectivity index (χ2n) is 8.01. The highest BCUT2D eigenvalue weighted by Gasteiger charge is 2.46. The molecule has 1 saturated carbocycles. The largest absolute Gasteiger partial charge is 0.454 e. The summed E-state index contributed by atoms with van der Waals surface area (Å²) in [6.07, 6.45) is 0.853. The molecule has 162 valence electrons. The van der Waals surface area contributed by atoms with Crippen LogP contribution in [-0.2, 0) is 9.59 Å². The van der Waals surface area contributed by atoms with Gasteiger partial charge in [0.05, 0.1) is 5.75 Å². The van der Waals surface area contributed by atoms with Crippen molar-refractivity contribution >= 4 is 23.6 Å². The van der Waals surface area contributed by atoms with Crippen LogP contribution in [0.15, 0.2) is 47.4 Å². The Kier molecular flexibility index (Phi) is 5.48. The molecule has 2 heterocycles. The van der Waals surface area contributed by atoms with Crippen LogP contribution in [0.2, 0.25) is 0 Å². The maximum absolute atomic E-state index is 13.0. The lowest BCUT2D eigenvalue weighted by atomic mass is 10.1. The standard InChI is InChI=1S/C23H23FN2O4S/c24-16-2-4-17(5-3-16)31-13-22(27)25-7-9-26(10-8-25)23(28)19-12-18(19)15-1-6-20-21(11-15)30-14-29-20/h1-6,11,18-19H,7-10,12-14H2/t18-,19+/m0/s1. The van der Waals surface area contributed by atoms with Gasteiger partial charge in [-0.1, -0.05) is 6.07 Å². The van der Waals surface area contributed by atoms with Crippen molar-refractivity contribution in [2.24, 2.45) is 5.92 Å². The third kappa shape index (κ3) is 4.35. The highest BCUT2D eigenvalue weighted by molar-refractivity contribution is 8.00. The van der Waals surface area contributed by atoms with Crippen molar-refractivity contribution in [3.8, 4) is 11.5 Å². The Morgan fingerprint density at radius 1 is 0.968 bits per heavy atom. The third-order valence-electron chi connectivity index (χ3n) is 6.05. The van der Waals surface area contributed by atoms with Gasteiger partial charge in [0.1, 0.15) is 5.82 Å². The lowest BCUT2D eigenvalue weighted by Gasteiger charge is -2.35. The Labute approximate surface area is 184 Å². The fourth-order valence-corrected chi connectivity index (χ4v) is 4.96. The summed E-state index contributed by atoms with van der Waals surface area (Å²) in [7, 11) is 0. The number of fused-ring (bicyclic) bond motifs is 1. The number of ether oxygens (including phenoxy) is 2. The molecule has 0 bridgehead atoms. The molecule has 2 atom stereocenters. The smallest absolute Gasteiger partial charge is 0.233 e. The zero-order valence-corrected chi connectivity index (χ0v) is 17.8. The number of thioether (sulfide) groups is 1. The number of halogens is 1. The van der Waals surface area contributed by atoms with Crippen molar-refractivity contribution in [1.29, 1.82) is 0 Å². The molecular weight excluding hydrogens is 419 g/mol. The van der Waals surface area contributed by atoms with E-state index in [1.165, 1.54) is 23.9 Å². The molecule has 1 aliphatic carbocycles. The zero-order chi connectivity index (χ0) is 21.4. The Morgan fingerprint density at radius 2 is 1.68 bits per heavy atom. The molecule has 31 heavy (non-hydrogen) atoms. The molecule has 6 nitrogen and oxygen atoms in total. The number of hydrogen-bond donors (Lipinski definition) is 0. The average Bonchev–Trinajstić information content (AvgIpc) is 3.47. The number of piperazine rings is 1. The first-order chi connectivity index (χ1) is 15.1. The summed E-state index contributed by atoms with van der Waals surface area (Å²) in [6, 6.07) is 12.0. The van der Waals surface area contributed by atoms with E-state index in [0.29, 0.717) is 31.9 Å². The molecule has 8 heteroatoms. The van der Waals surface area contributed by atoms with Crippen LogP contribution >= 0.6 is 11.8 Å². The molecule has 2 aliphatic heterocycles. The van der Waals surface area contributed by atoms with E-state index < -0.39 is 0 Å². The van der Waals surface area contributed by atoms with Crippen LogP contribution in [0.5, 0.6) is 11.5 Å². The number of carbonyl (C=O) groups excluding carboxylic acids is 2. The molecule has 0 N–H and O–H groups in total. The van der Waals surface area contributed by atoms with Crippen LogP contribution in [0.25, 0.3) is 0 Å². The fraction of sp³-hybridized carbons (Fsp3) is 0.391. The van der Waals surface area contributed by atoms with Crippen LogP contribution in [0.3, 0.4) is 0 Å². The number of hydrogen-bond acceptors (Lipinski definition) is 5. The monoisotopic (exact) mass is 442 g/mol. The molecule has 5 rings (SSSR count). The molecule has 0 aromatic heterocycles. The van der Waals surface area contributed by atoms with Gasteiger partial charge in [-0.3, -0.25) is 9.59 Å². The molecule has 0 spiro atoms. The second-order valence-corrected chi connectivity index (χ2v) is 9.06. The summed E-state index contributed by atoms with van der Waals surface area (Å²) in [6.45, 7) is 2.48. The van der Waals surface area contributed by atoms with Crippen molar-refractivity contribution in [2.75, 3.05) is 38.7 Å². The van der Waals surface area contributed by atoms with Gasteiger partial charge in [0, 0.05) is 37.0 Å². The quantitative estimate of drug-likeness (QED) is 0.666. The van der Waals surface area contributed by atoms with Crippen molar-refractivity contribution in [3.63, 3.8) is 0 Å². The fourth-order valence-electron chi connectivity index (χ4n) is 4.16. The van der Waals surface area contributed by atoms with Gasteiger partial charge in [-0.2, -0.15) is 0 Å². The number of amides is 2. The Bertz CT molecular complexity index is 992. The van der Waals surface area contributed by atoms with E-state index in [9.17, 15) is 14.0 Å². The molecule has 1 saturated heterocycles. The van der Waals surface area contributed by atoms with E-state index in [0.717, 1.165) is 28.4 Å². The molecule has 2 amide bonds. The second kappa shape index (κ2) is 8.42. The van der Waals surface area contributed by atoms with Gasteiger partial charge < -0.3 is 19.3 Å². The number of rotatable bonds is 5. The van der Waals surface area contributed by atoms with E-state index >= 15 is 0 Å². The van der Waals surface area contributed by atoms with Crippen molar-refractivity contribution < 1.29 is 23.5 Å². The summed E-state index contributed by atoms with van der Waals surface area (Å²) in [5.74, 6) is 2.00.